The zero-order chi connectivity index (χ0) is 18.8. The lowest BCUT2D eigenvalue weighted by molar-refractivity contribution is 0.0952. The number of carbonyl (C=O) groups is 1. The Balaban J connectivity index is 1.62. The van der Waals surface area contributed by atoms with E-state index < -0.39 is 0 Å². The van der Waals surface area contributed by atoms with Gasteiger partial charge in [0.1, 0.15) is 11.6 Å². The summed E-state index contributed by atoms with van der Waals surface area (Å²) in [4.78, 5) is 35.8. The second kappa shape index (κ2) is 7.16. The Morgan fingerprint density at radius 2 is 2.04 bits per heavy atom. The Morgan fingerprint density at radius 1 is 1.22 bits per heavy atom. The number of nitrogens with two attached hydrogens (primary N) is 1. The van der Waals surface area contributed by atoms with Crippen molar-refractivity contribution in [2.24, 2.45) is 5.73 Å². The van der Waals surface area contributed by atoms with Crippen molar-refractivity contribution < 1.29 is 4.79 Å². The molecule has 5 N–H and O–H groups in total. The predicted molar refractivity (Wildman–Crippen MR) is 102 cm³/mol. The van der Waals surface area contributed by atoms with E-state index in [0.717, 1.165) is 23.7 Å². The standard InChI is InChI=1S/C19H20N6O2/c20-9-12-7-18(26)25-17(22-12)10-21-16-8-14(19(27)23-11-5-6-11)13-3-1-2-4-15(13)24-16/h1-4,7-8,11H,5-6,9-10,20H2,(H,21,24)(H,23,27)(H,22,25,26). The van der Waals surface area contributed by atoms with Crippen LogP contribution in [0, 0.1) is 0 Å². The molecule has 0 saturated heterocycles. The van der Waals surface area contributed by atoms with Gasteiger partial charge in [0.05, 0.1) is 23.3 Å². The fourth-order valence-corrected chi connectivity index (χ4v) is 2.87. The highest BCUT2D eigenvalue weighted by Crippen LogP contribution is 2.24. The van der Waals surface area contributed by atoms with Crippen molar-refractivity contribution in [3.05, 3.63) is 63.8 Å². The first-order valence-electron chi connectivity index (χ1n) is 8.86. The molecule has 2 aromatic heterocycles. The average molecular weight is 364 g/mol. The number of hydrogen-bond acceptors (Lipinski definition) is 6. The Hall–Kier alpha value is -3.26. The number of rotatable bonds is 6. The molecule has 3 aromatic rings. The average Bonchev–Trinajstić information content (AvgIpc) is 3.49. The molecule has 1 amide bonds. The summed E-state index contributed by atoms with van der Waals surface area (Å²) in [5.74, 6) is 0.896. The third-order valence-electron chi connectivity index (χ3n) is 4.36. The summed E-state index contributed by atoms with van der Waals surface area (Å²) < 4.78 is 0. The number of para-hydroxylation sites is 1. The van der Waals surface area contributed by atoms with Crippen LogP contribution in [-0.2, 0) is 13.1 Å². The lowest BCUT2D eigenvalue weighted by atomic mass is 10.1. The number of fused-ring (bicyclic) bond motifs is 1. The van der Waals surface area contributed by atoms with Crippen molar-refractivity contribution >= 4 is 22.6 Å². The van der Waals surface area contributed by atoms with E-state index in [9.17, 15) is 9.59 Å². The third kappa shape index (κ3) is 3.95. The number of benzene rings is 1. The van der Waals surface area contributed by atoms with Gasteiger partial charge in [0.15, 0.2) is 0 Å². The molecule has 2 heterocycles. The maximum atomic E-state index is 12.6. The Bertz CT molecular complexity index is 1060. The van der Waals surface area contributed by atoms with E-state index in [2.05, 4.69) is 25.6 Å². The third-order valence-corrected chi connectivity index (χ3v) is 4.36. The van der Waals surface area contributed by atoms with Gasteiger partial charge in [-0.1, -0.05) is 18.2 Å². The minimum absolute atomic E-state index is 0.101. The number of pyridine rings is 1. The van der Waals surface area contributed by atoms with Gasteiger partial charge in [-0.15, -0.1) is 0 Å². The van der Waals surface area contributed by atoms with Crippen LogP contribution in [0.15, 0.2) is 41.2 Å². The van der Waals surface area contributed by atoms with E-state index in [1.54, 1.807) is 6.07 Å². The largest absolute Gasteiger partial charge is 0.363 e. The minimum Gasteiger partial charge on any atom is -0.363 e. The number of carbonyl (C=O) groups excluding carboxylic acids is 1. The molecular formula is C19H20N6O2. The SMILES string of the molecule is NCc1cc(=O)[nH]c(CNc2cc(C(=O)NC3CC3)c3ccccc3n2)n1. The van der Waals surface area contributed by atoms with E-state index in [1.165, 1.54) is 6.07 Å². The molecule has 0 aliphatic heterocycles. The Kier molecular flexibility index (Phi) is 4.55. The number of nitrogens with one attached hydrogen (secondary N) is 3. The molecule has 1 aliphatic rings. The molecule has 1 fully saturated rings. The first-order chi connectivity index (χ1) is 13.1. The van der Waals surface area contributed by atoms with Crippen LogP contribution in [0.5, 0.6) is 0 Å². The molecule has 27 heavy (non-hydrogen) atoms. The quantitative estimate of drug-likeness (QED) is 0.522. The summed E-state index contributed by atoms with van der Waals surface area (Å²) in [5.41, 5.74) is 7.13. The van der Waals surface area contributed by atoms with Crippen LogP contribution in [0.2, 0.25) is 0 Å². The van der Waals surface area contributed by atoms with Gasteiger partial charge < -0.3 is 21.4 Å². The topological polar surface area (TPSA) is 126 Å². The number of aromatic nitrogens is 3. The van der Waals surface area contributed by atoms with Crippen molar-refractivity contribution in [1.29, 1.82) is 0 Å². The van der Waals surface area contributed by atoms with Gasteiger partial charge in [-0.05, 0) is 25.0 Å². The van der Waals surface area contributed by atoms with Crippen molar-refractivity contribution in [3.8, 4) is 0 Å². The molecule has 1 aliphatic carbocycles. The molecule has 4 rings (SSSR count). The monoisotopic (exact) mass is 364 g/mol. The molecule has 0 radical (unpaired) electrons. The number of H-pyrrole nitrogens is 1. The summed E-state index contributed by atoms with van der Waals surface area (Å²) >= 11 is 0. The van der Waals surface area contributed by atoms with Crippen LogP contribution >= 0.6 is 0 Å². The second-order valence-corrected chi connectivity index (χ2v) is 6.56. The van der Waals surface area contributed by atoms with Gasteiger partial charge >= 0.3 is 0 Å². The first kappa shape index (κ1) is 17.2. The zero-order valence-electron chi connectivity index (χ0n) is 14.7. The van der Waals surface area contributed by atoms with Crippen molar-refractivity contribution in [3.63, 3.8) is 0 Å². The van der Waals surface area contributed by atoms with Gasteiger partial charge in [0.25, 0.3) is 11.5 Å². The zero-order valence-corrected chi connectivity index (χ0v) is 14.7. The molecule has 0 unspecified atom stereocenters. The number of nitrogens with zero attached hydrogens (tertiary/aromatic N) is 2. The lowest BCUT2D eigenvalue weighted by Crippen LogP contribution is -2.25. The summed E-state index contributed by atoms with van der Waals surface area (Å²) in [6, 6.07) is 10.9. The lowest BCUT2D eigenvalue weighted by Gasteiger charge is -2.11. The first-order valence-corrected chi connectivity index (χ1v) is 8.86. The molecule has 1 aromatic carbocycles. The van der Waals surface area contributed by atoms with Gasteiger partial charge in [-0.25, -0.2) is 9.97 Å². The molecular weight excluding hydrogens is 344 g/mol. The molecule has 8 nitrogen and oxygen atoms in total. The summed E-state index contributed by atoms with van der Waals surface area (Å²) in [6.07, 6.45) is 2.05. The molecule has 8 heteroatoms. The molecule has 0 bridgehead atoms. The van der Waals surface area contributed by atoms with E-state index >= 15 is 0 Å². The van der Waals surface area contributed by atoms with E-state index in [0.29, 0.717) is 22.9 Å². The van der Waals surface area contributed by atoms with Crippen LogP contribution in [0.1, 0.15) is 34.7 Å². The molecule has 1 saturated carbocycles. The second-order valence-electron chi connectivity index (χ2n) is 6.56. The van der Waals surface area contributed by atoms with Crippen molar-refractivity contribution in [2.45, 2.75) is 32.0 Å². The van der Waals surface area contributed by atoms with Crippen LogP contribution < -0.4 is 21.9 Å². The molecule has 0 atom stereocenters. The highest BCUT2D eigenvalue weighted by atomic mass is 16.1. The summed E-state index contributed by atoms with van der Waals surface area (Å²) in [5, 5.41) is 6.95. The van der Waals surface area contributed by atoms with E-state index in [4.69, 9.17) is 5.73 Å². The van der Waals surface area contributed by atoms with E-state index in [-0.39, 0.29) is 30.6 Å². The number of anilines is 1. The van der Waals surface area contributed by atoms with Gasteiger partial charge in [0.2, 0.25) is 0 Å². The fraction of sp³-hybridized carbons (Fsp3) is 0.263. The van der Waals surface area contributed by atoms with Crippen molar-refractivity contribution in [1.82, 2.24) is 20.3 Å². The van der Waals surface area contributed by atoms with Gasteiger partial charge in [0, 0.05) is 24.0 Å². The van der Waals surface area contributed by atoms with Crippen LogP contribution in [-0.4, -0.2) is 26.9 Å². The van der Waals surface area contributed by atoms with Crippen molar-refractivity contribution in [2.75, 3.05) is 5.32 Å². The minimum atomic E-state index is -0.252. The fourth-order valence-electron chi connectivity index (χ4n) is 2.87. The van der Waals surface area contributed by atoms with E-state index in [1.807, 2.05) is 24.3 Å². The molecule has 0 spiro atoms. The maximum absolute atomic E-state index is 12.6. The maximum Gasteiger partial charge on any atom is 0.252 e. The number of aromatic amines is 1. The Labute approximate surface area is 155 Å². The van der Waals surface area contributed by atoms with Crippen LogP contribution in [0.4, 0.5) is 5.82 Å². The Morgan fingerprint density at radius 3 is 2.81 bits per heavy atom. The number of amides is 1. The highest BCUT2D eigenvalue weighted by Gasteiger charge is 2.25. The normalized spacial score (nSPS) is 13.5. The summed E-state index contributed by atoms with van der Waals surface area (Å²) in [7, 11) is 0. The predicted octanol–water partition coefficient (Wildman–Crippen LogP) is 1.28. The summed E-state index contributed by atoms with van der Waals surface area (Å²) in [6.45, 7) is 0.453. The smallest absolute Gasteiger partial charge is 0.252 e. The van der Waals surface area contributed by atoms with Gasteiger partial charge in [-0.2, -0.15) is 0 Å². The highest BCUT2D eigenvalue weighted by molar-refractivity contribution is 6.07. The van der Waals surface area contributed by atoms with Crippen LogP contribution in [0.25, 0.3) is 10.9 Å². The van der Waals surface area contributed by atoms with Gasteiger partial charge in [-0.3, -0.25) is 9.59 Å². The molecule has 138 valence electrons. The van der Waals surface area contributed by atoms with Crippen LogP contribution in [0.3, 0.4) is 0 Å². The number of hydrogen-bond donors (Lipinski definition) is 4.